The molecule has 6 nitrogen and oxygen atoms in total. The number of sulfonamides is 1. The fourth-order valence-electron chi connectivity index (χ4n) is 3.30. The average Bonchev–Trinajstić information content (AvgIpc) is 3.37. The normalized spacial score (nSPS) is 15.9. The number of carbonyl (C=O) groups excluding carboxylic acids is 2. The lowest BCUT2D eigenvalue weighted by Gasteiger charge is -2.08. The molecule has 0 bridgehead atoms. The third-order valence-corrected chi connectivity index (χ3v) is 6.59. The topological polar surface area (TPSA) is 89.5 Å². The number of aryl methyl sites for hydroxylation is 2. The molecule has 2 aliphatic carbocycles. The minimum atomic E-state index is -3.56. The first-order valence-corrected chi connectivity index (χ1v) is 10.9. The van der Waals surface area contributed by atoms with E-state index >= 15 is 0 Å². The summed E-state index contributed by atoms with van der Waals surface area (Å²) in [5.74, 6) is -0.913. The van der Waals surface area contributed by atoms with Gasteiger partial charge in [-0.2, -0.15) is 0 Å². The molecule has 0 heterocycles. The summed E-state index contributed by atoms with van der Waals surface area (Å²) in [7, 11) is -3.56. The Balaban J connectivity index is 1.36. The van der Waals surface area contributed by atoms with Crippen molar-refractivity contribution in [2.45, 2.75) is 43.0 Å². The molecule has 1 N–H and O–H groups in total. The molecule has 146 valence electrons. The van der Waals surface area contributed by atoms with Gasteiger partial charge in [0.2, 0.25) is 10.0 Å². The quantitative estimate of drug-likeness (QED) is 0.571. The van der Waals surface area contributed by atoms with Crippen LogP contribution in [0.25, 0.3) is 0 Å². The fourth-order valence-corrected chi connectivity index (χ4v) is 4.61. The van der Waals surface area contributed by atoms with Crippen molar-refractivity contribution < 1.29 is 22.7 Å². The number of fused-ring (bicyclic) bond motifs is 1. The molecule has 0 aromatic heterocycles. The summed E-state index contributed by atoms with van der Waals surface area (Å²) in [6.07, 6.45) is 4.81. The zero-order valence-electron chi connectivity index (χ0n) is 15.3. The van der Waals surface area contributed by atoms with Crippen LogP contribution in [0.1, 0.15) is 51.1 Å². The molecule has 0 spiro atoms. The first-order valence-electron chi connectivity index (χ1n) is 9.37. The van der Waals surface area contributed by atoms with Crippen LogP contribution in [0.5, 0.6) is 0 Å². The van der Waals surface area contributed by atoms with Crippen LogP contribution in [-0.4, -0.2) is 32.8 Å². The third kappa shape index (κ3) is 4.15. The highest BCUT2D eigenvalue weighted by atomic mass is 32.2. The summed E-state index contributed by atoms with van der Waals surface area (Å²) in [5.41, 5.74) is 3.21. The smallest absolute Gasteiger partial charge is 0.338 e. The Kier molecular flexibility index (Phi) is 5.03. The molecular formula is C21H21NO5S. The van der Waals surface area contributed by atoms with Gasteiger partial charge in [-0.3, -0.25) is 4.79 Å². The number of benzene rings is 2. The maximum atomic E-state index is 12.3. The molecule has 0 aliphatic heterocycles. The molecule has 0 amide bonds. The molecule has 7 heteroatoms. The summed E-state index contributed by atoms with van der Waals surface area (Å²) in [6.45, 7) is -0.346. The van der Waals surface area contributed by atoms with Gasteiger partial charge in [-0.25, -0.2) is 17.9 Å². The largest absolute Gasteiger partial charge is 0.454 e. The van der Waals surface area contributed by atoms with E-state index in [-0.39, 0.29) is 28.9 Å². The van der Waals surface area contributed by atoms with Crippen LogP contribution in [0.15, 0.2) is 47.4 Å². The van der Waals surface area contributed by atoms with E-state index in [1.165, 1.54) is 35.4 Å². The Bertz CT molecular complexity index is 1020. The molecular weight excluding hydrogens is 378 g/mol. The van der Waals surface area contributed by atoms with Crippen molar-refractivity contribution in [1.29, 1.82) is 0 Å². The van der Waals surface area contributed by atoms with E-state index in [1.807, 2.05) is 12.1 Å². The Labute approximate surface area is 164 Å². The van der Waals surface area contributed by atoms with Crippen molar-refractivity contribution in [2.24, 2.45) is 0 Å². The number of hydrogen-bond donors (Lipinski definition) is 1. The molecule has 0 radical (unpaired) electrons. The van der Waals surface area contributed by atoms with E-state index in [0.29, 0.717) is 5.56 Å². The predicted octanol–water partition coefficient (Wildman–Crippen LogP) is 2.66. The third-order valence-electron chi connectivity index (χ3n) is 5.05. The van der Waals surface area contributed by atoms with E-state index in [0.717, 1.165) is 32.1 Å². The zero-order valence-corrected chi connectivity index (χ0v) is 16.1. The second-order valence-corrected chi connectivity index (χ2v) is 8.97. The second kappa shape index (κ2) is 7.48. The number of rotatable bonds is 7. The zero-order chi connectivity index (χ0) is 19.7. The van der Waals surface area contributed by atoms with E-state index in [9.17, 15) is 18.0 Å². The molecule has 0 unspecified atom stereocenters. The molecule has 28 heavy (non-hydrogen) atoms. The van der Waals surface area contributed by atoms with E-state index in [2.05, 4.69) is 4.72 Å². The number of ketones is 1. The van der Waals surface area contributed by atoms with Crippen LogP contribution in [0.2, 0.25) is 0 Å². The van der Waals surface area contributed by atoms with E-state index in [4.69, 9.17) is 4.74 Å². The van der Waals surface area contributed by atoms with E-state index < -0.39 is 16.0 Å². The number of esters is 1. The number of nitrogens with one attached hydrogen (secondary N) is 1. The van der Waals surface area contributed by atoms with Gasteiger partial charge in [-0.05, 0) is 73.6 Å². The van der Waals surface area contributed by atoms with Crippen LogP contribution in [0.4, 0.5) is 0 Å². The highest BCUT2D eigenvalue weighted by Crippen LogP contribution is 2.24. The van der Waals surface area contributed by atoms with Crippen LogP contribution in [0, 0.1) is 0 Å². The van der Waals surface area contributed by atoms with Crippen LogP contribution < -0.4 is 4.72 Å². The molecule has 4 rings (SSSR count). The van der Waals surface area contributed by atoms with Crippen molar-refractivity contribution in [3.05, 3.63) is 64.7 Å². The Hall–Kier alpha value is -2.51. The molecule has 2 aliphatic rings. The summed E-state index contributed by atoms with van der Waals surface area (Å²) < 4.78 is 32.0. The van der Waals surface area contributed by atoms with Gasteiger partial charge >= 0.3 is 5.97 Å². The minimum Gasteiger partial charge on any atom is -0.454 e. The molecule has 2 aromatic rings. The highest BCUT2D eigenvalue weighted by Gasteiger charge is 2.28. The Morgan fingerprint density at radius 2 is 1.64 bits per heavy atom. The molecule has 2 aromatic carbocycles. The lowest BCUT2D eigenvalue weighted by atomic mass is 10.0. The first kappa shape index (κ1) is 18.8. The minimum absolute atomic E-state index is 0.0138. The van der Waals surface area contributed by atoms with Gasteiger partial charge in [0.1, 0.15) is 0 Å². The van der Waals surface area contributed by atoms with Gasteiger partial charge in [0.25, 0.3) is 0 Å². The van der Waals surface area contributed by atoms with Gasteiger partial charge in [-0.1, -0.05) is 12.1 Å². The van der Waals surface area contributed by atoms with Gasteiger partial charge in [0, 0.05) is 11.6 Å². The standard InChI is InChI=1S/C21H21NO5S/c23-20(17-5-4-14-2-1-3-16(14)12-17)13-27-21(24)15-6-10-19(11-7-15)28(25,26)22-18-8-9-18/h4-7,10-12,18,22H,1-3,8-9,13H2. The molecule has 0 saturated heterocycles. The van der Waals surface area contributed by atoms with Crippen molar-refractivity contribution >= 4 is 21.8 Å². The highest BCUT2D eigenvalue weighted by molar-refractivity contribution is 7.89. The van der Waals surface area contributed by atoms with Gasteiger partial charge in [0.15, 0.2) is 12.4 Å². The summed E-state index contributed by atoms with van der Waals surface area (Å²) >= 11 is 0. The van der Waals surface area contributed by atoms with Gasteiger partial charge < -0.3 is 4.74 Å². The average molecular weight is 399 g/mol. The summed E-state index contributed by atoms with van der Waals surface area (Å²) in [6, 6.07) is 11.1. The van der Waals surface area contributed by atoms with Crippen LogP contribution in [-0.2, 0) is 27.6 Å². The van der Waals surface area contributed by atoms with Crippen molar-refractivity contribution in [2.75, 3.05) is 6.61 Å². The molecule has 1 fully saturated rings. The second-order valence-electron chi connectivity index (χ2n) is 7.26. The summed E-state index contributed by atoms with van der Waals surface area (Å²) in [5, 5.41) is 0. The fraction of sp³-hybridized carbons (Fsp3) is 0.333. The van der Waals surface area contributed by atoms with Gasteiger partial charge in [0.05, 0.1) is 10.5 Å². The number of carbonyl (C=O) groups is 2. The maximum absolute atomic E-state index is 12.3. The SMILES string of the molecule is O=C(COC(=O)c1ccc(S(=O)(=O)NC2CC2)cc1)c1ccc2c(c1)CCC2. The summed E-state index contributed by atoms with van der Waals surface area (Å²) in [4.78, 5) is 24.6. The Morgan fingerprint density at radius 1 is 0.964 bits per heavy atom. The predicted molar refractivity (Wildman–Crippen MR) is 103 cm³/mol. The van der Waals surface area contributed by atoms with Crippen LogP contribution in [0.3, 0.4) is 0 Å². The Morgan fingerprint density at radius 3 is 2.36 bits per heavy atom. The van der Waals surface area contributed by atoms with Crippen molar-refractivity contribution in [3.8, 4) is 0 Å². The lowest BCUT2D eigenvalue weighted by molar-refractivity contribution is 0.0474. The molecule has 1 saturated carbocycles. The first-order chi connectivity index (χ1) is 13.4. The lowest BCUT2D eigenvalue weighted by Crippen LogP contribution is -2.25. The monoisotopic (exact) mass is 399 g/mol. The van der Waals surface area contributed by atoms with Crippen LogP contribution >= 0.6 is 0 Å². The number of Topliss-reactive ketones (excluding diaryl/α,β-unsaturated/α-hetero) is 1. The van der Waals surface area contributed by atoms with Crippen molar-refractivity contribution in [1.82, 2.24) is 4.72 Å². The van der Waals surface area contributed by atoms with Crippen molar-refractivity contribution in [3.63, 3.8) is 0 Å². The number of hydrogen-bond acceptors (Lipinski definition) is 5. The number of ether oxygens (including phenoxy) is 1. The maximum Gasteiger partial charge on any atom is 0.338 e. The van der Waals surface area contributed by atoms with E-state index in [1.54, 1.807) is 6.07 Å². The molecule has 0 atom stereocenters. The van der Waals surface area contributed by atoms with Gasteiger partial charge in [-0.15, -0.1) is 0 Å².